The Morgan fingerprint density at radius 2 is 2.00 bits per heavy atom. The first-order chi connectivity index (χ1) is 11.1. The molecule has 2 N–H and O–H groups in total. The number of hydrogen-bond acceptors (Lipinski definition) is 4. The molecule has 2 heterocycles. The van der Waals surface area contributed by atoms with Gasteiger partial charge in [-0.05, 0) is 24.1 Å². The molecule has 132 valence electrons. The topological polar surface area (TPSA) is 75.9 Å². The molecule has 0 aliphatic carbocycles. The summed E-state index contributed by atoms with van der Waals surface area (Å²) in [6.45, 7) is 2.35. The van der Waals surface area contributed by atoms with Gasteiger partial charge in [-0.3, -0.25) is 9.59 Å². The number of nitrogens with two attached hydrogens (primary N) is 1. The first kappa shape index (κ1) is 18.5. The number of benzene rings is 1. The molecule has 0 spiro atoms. The van der Waals surface area contributed by atoms with Crippen molar-refractivity contribution in [1.82, 2.24) is 9.80 Å². The van der Waals surface area contributed by atoms with E-state index >= 15 is 0 Å². The lowest BCUT2D eigenvalue weighted by molar-refractivity contribution is -0.134. The highest BCUT2D eigenvalue weighted by Crippen LogP contribution is 2.24. The van der Waals surface area contributed by atoms with Crippen molar-refractivity contribution in [2.24, 2.45) is 11.7 Å². The van der Waals surface area contributed by atoms with Crippen molar-refractivity contribution in [2.75, 3.05) is 26.7 Å². The van der Waals surface area contributed by atoms with E-state index in [1.165, 1.54) is 0 Å². The maximum absolute atomic E-state index is 12.5. The van der Waals surface area contributed by atoms with Crippen LogP contribution < -0.4 is 10.5 Å². The van der Waals surface area contributed by atoms with Crippen LogP contribution in [0.4, 0.5) is 0 Å². The number of methoxy groups -OCH3 is 1. The van der Waals surface area contributed by atoms with Crippen LogP contribution in [0.5, 0.6) is 5.75 Å². The smallest absolute Gasteiger partial charge is 0.228 e. The summed E-state index contributed by atoms with van der Waals surface area (Å²) < 4.78 is 5.13. The number of hydrogen-bond donors (Lipinski definition) is 1. The van der Waals surface area contributed by atoms with Crippen molar-refractivity contribution in [1.29, 1.82) is 0 Å². The van der Waals surface area contributed by atoms with E-state index in [-0.39, 0.29) is 36.2 Å². The fraction of sp³-hybridized carbons (Fsp3) is 0.529. The average Bonchev–Trinajstić information content (AvgIpc) is 3.14. The minimum atomic E-state index is -0.231. The molecule has 2 aliphatic heterocycles. The second-order valence-electron chi connectivity index (χ2n) is 6.36. The molecule has 0 radical (unpaired) electrons. The van der Waals surface area contributed by atoms with Crippen LogP contribution >= 0.6 is 12.4 Å². The number of rotatable bonds is 4. The molecule has 7 heteroatoms. The quantitative estimate of drug-likeness (QED) is 0.877. The van der Waals surface area contributed by atoms with Crippen molar-refractivity contribution in [3.63, 3.8) is 0 Å². The summed E-state index contributed by atoms with van der Waals surface area (Å²) in [6, 6.07) is 7.72. The van der Waals surface area contributed by atoms with Crippen LogP contribution in [0.3, 0.4) is 0 Å². The summed E-state index contributed by atoms with van der Waals surface area (Å²) in [5.41, 5.74) is 6.90. The molecule has 0 saturated carbocycles. The number of ether oxygens (including phenoxy) is 1. The third kappa shape index (κ3) is 3.99. The summed E-state index contributed by atoms with van der Waals surface area (Å²) in [5.74, 6) is 0.678. The Labute approximate surface area is 148 Å². The van der Waals surface area contributed by atoms with Crippen molar-refractivity contribution in [3.8, 4) is 5.75 Å². The Morgan fingerprint density at radius 3 is 2.58 bits per heavy atom. The molecule has 1 unspecified atom stereocenters. The zero-order chi connectivity index (χ0) is 16.4. The zero-order valence-electron chi connectivity index (χ0n) is 13.8. The standard InChI is InChI=1S/C17H23N3O3.ClH/c1-23-15-4-2-12(3-5-15)9-20-10-13(8-16(20)21)17(22)19-7-6-14(18)11-19;/h2-5,13-14H,6-11,18H2,1H3;1H/t13?,14-;/m1./s1. The molecule has 2 fully saturated rings. The first-order valence-electron chi connectivity index (χ1n) is 8.02. The first-order valence-corrected chi connectivity index (χ1v) is 8.02. The molecule has 6 nitrogen and oxygen atoms in total. The van der Waals surface area contributed by atoms with Gasteiger partial charge < -0.3 is 20.3 Å². The number of nitrogens with zero attached hydrogens (tertiary/aromatic N) is 2. The van der Waals surface area contributed by atoms with Crippen molar-refractivity contribution >= 4 is 24.2 Å². The molecule has 2 aliphatic rings. The molecular formula is C17H24ClN3O3. The lowest BCUT2D eigenvalue weighted by Gasteiger charge is -2.21. The summed E-state index contributed by atoms with van der Waals surface area (Å²) >= 11 is 0. The predicted octanol–water partition coefficient (Wildman–Crippen LogP) is 1.03. The van der Waals surface area contributed by atoms with Gasteiger partial charge in [0.15, 0.2) is 0 Å². The maximum Gasteiger partial charge on any atom is 0.228 e. The second kappa shape index (κ2) is 7.85. The van der Waals surface area contributed by atoms with Crippen LogP contribution in [-0.2, 0) is 16.1 Å². The van der Waals surface area contributed by atoms with Gasteiger partial charge in [0.1, 0.15) is 5.75 Å². The third-order valence-corrected chi connectivity index (χ3v) is 4.63. The lowest BCUT2D eigenvalue weighted by atomic mass is 10.1. The minimum absolute atomic E-state index is 0. The summed E-state index contributed by atoms with van der Waals surface area (Å²) in [5, 5.41) is 0. The van der Waals surface area contributed by atoms with Crippen LogP contribution in [0, 0.1) is 5.92 Å². The molecule has 0 aromatic heterocycles. The largest absolute Gasteiger partial charge is 0.497 e. The van der Waals surface area contributed by atoms with Crippen LogP contribution in [0.2, 0.25) is 0 Å². The monoisotopic (exact) mass is 353 g/mol. The van der Waals surface area contributed by atoms with Gasteiger partial charge in [0, 0.05) is 38.6 Å². The van der Waals surface area contributed by atoms with E-state index in [0.717, 1.165) is 17.7 Å². The van der Waals surface area contributed by atoms with Gasteiger partial charge in [-0.25, -0.2) is 0 Å². The molecule has 24 heavy (non-hydrogen) atoms. The van der Waals surface area contributed by atoms with Gasteiger partial charge in [-0.1, -0.05) is 12.1 Å². The van der Waals surface area contributed by atoms with Crippen LogP contribution in [-0.4, -0.2) is 54.4 Å². The van der Waals surface area contributed by atoms with Crippen LogP contribution in [0.1, 0.15) is 18.4 Å². The maximum atomic E-state index is 12.5. The Bertz CT molecular complexity index is 593. The summed E-state index contributed by atoms with van der Waals surface area (Å²) in [7, 11) is 1.62. The van der Waals surface area contributed by atoms with E-state index in [0.29, 0.717) is 32.6 Å². The molecule has 2 saturated heterocycles. The average molecular weight is 354 g/mol. The fourth-order valence-electron chi connectivity index (χ4n) is 3.29. The minimum Gasteiger partial charge on any atom is -0.497 e. The lowest BCUT2D eigenvalue weighted by Crippen LogP contribution is -2.37. The fourth-order valence-corrected chi connectivity index (χ4v) is 3.29. The van der Waals surface area contributed by atoms with Crippen molar-refractivity contribution in [3.05, 3.63) is 29.8 Å². The SMILES string of the molecule is COc1ccc(CN2CC(C(=O)N3CC[C@@H](N)C3)CC2=O)cc1.Cl. The van der Waals surface area contributed by atoms with E-state index in [9.17, 15) is 9.59 Å². The highest BCUT2D eigenvalue weighted by molar-refractivity contribution is 5.89. The molecule has 1 aromatic rings. The van der Waals surface area contributed by atoms with Gasteiger partial charge in [-0.2, -0.15) is 0 Å². The van der Waals surface area contributed by atoms with Crippen molar-refractivity contribution in [2.45, 2.75) is 25.4 Å². The number of carbonyl (C=O) groups excluding carboxylic acids is 2. The highest BCUT2D eigenvalue weighted by Gasteiger charge is 2.37. The van der Waals surface area contributed by atoms with E-state index in [4.69, 9.17) is 10.5 Å². The third-order valence-electron chi connectivity index (χ3n) is 4.63. The number of halogens is 1. The molecule has 1 aromatic carbocycles. The van der Waals surface area contributed by atoms with Gasteiger partial charge in [0.2, 0.25) is 11.8 Å². The molecular weight excluding hydrogens is 330 g/mol. The zero-order valence-corrected chi connectivity index (χ0v) is 14.6. The normalized spacial score (nSPS) is 23.3. The summed E-state index contributed by atoms with van der Waals surface area (Å²) in [4.78, 5) is 28.3. The Morgan fingerprint density at radius 1 is 1.29 bits per heavy atom. The second-order valence-corrected chi connectivity index (χ2v) is 6.36. The summed E-state index contributed by atoms with van der Waals surface area (Å²) in [6.07, 6.45) is 1.16. The molecule has 2 amide bonds. The van der Waals surface area contributed by atoms with E-state index in [1.54, 1.807) is 16.9 Å². The van der Waals surface area contributed by atoms with E-state index < -0.39 is 0 Å². The van der Waals surface area contributed by atoms with Crippen LogP contribution in [0.25, 0.3) is 0 Å². The predicted molar refractivity (Wildman–Crippen MR) is 92.9 cm³/mol. The van der Waals surface area contributed by atoms with Gasteiger partial charge >= 0.3 is 0 Å². The Balaban J connectivity index is 0.00000208. The van der Waals surface area contributed by atoms with Gasteiger partial charge in [0.05, 0.1) is 13.0 Å². The van der Waals surface area contributed by atoms with E-state index in [1.807, 2.05) is 24.3 Å². The number of amides is 2. The van der Waals surface area contributed by atoms with Gasteiger partial charge in [-0.15, -0.1) is 12.4 Å². The van der Waals surface area contributed by atoms with Crippen LogP contribution in [0.15, 0.2) is 24.3 Å². The number of carbonyl (C=O) groups is 2. The van der Waals surface area contributed by atoms with E-state index in [2.05, 4.69) is 0 Å². The highest BCUT2D eigenvalue weighted by atomic mass is 35.5. The molecule has 2 atom stereocenters. The molecule has 0 bridgehead atoms. The number of likely N-dealkylation sites (tertiary alicyclic amines) is 2. The van der Waals surface area contributed by atoms with Crippen molar-refractivity contribution < 1.29 is 14.3 Å². The molecule has 3 rings (SSSR count). The van der Waals surface area contributed by atoms with Gasteiger partial charge in [0.25, 0.3) is 0 Å². The Hall–Kier alpha value is -1.79. The Kier molecular flexibility index (Phi) is 6.07.